The second-order valence-electron chi connectivity index (χ2n) is 3.99. The number of benzene rings is 1. The van der Waals surface area contributed by atoms with Crippen molar-refractivity contribution >= 4 is 35.0 Å². The van der Waals surface area contributed by atoms with Crippen LogP contribution in [0.15, 0.2) is 42.5 Å². The Kier molecular flexibility index (Phi) is 2.69. The zero-order valence-corrected chi connectivity index (χ0v) is 11.2. The van der Waals surface area contributed by atoms with Gasteiger partial charge in [0.25, 0.3) is 0 Å². The Morgan fingerprint density at radius 3 is 2.56 bits per heavy atom. The molecule has 18 heavy (non-hydrogen) atoms. The van der Waals surface area contributed by atoms with Crippen molar-refractivity contribution in [2.45, 2.75) is 0 Å². The van der Waals surface area contributed by atoms with Crippen molar-refractivity contribution in [1.29, 1.82) is 0 Å². The van der Waals surface area contributed by atoms with E-state index in [1.165, 1.54) is 0 Å². The average molecular weight is 276 g/mol. The lowest BCUT2D eigenvalue weighted by Gasteiger charge is -2.02. The van der Waals surface area contributed by atoms with Gasteiger partial charge in [0, 0.05) is 12.7 Å². The molecule has 3 aromatic rings. The topological polar surface area (TPSA) is 22.8 Å². The highest BCUT2D eigenvalue weighted by atomic mass is 35.5. The lowest BCUT2D eigenvalue weighted by Crippen LogP contribution is -1.96. The van der Waals surface area contributed by atoms with Gasteiger partial charge in [0.05, 0.1) is 5.52 Å². The number of halogens is 1. The van der Waals surface area contributed by atoms with Crippen LogP contribution in [-0.4, -0.2) is 14.1 Å². The van der Waals surface area contributed by atoms with Gasteiger partial charge in [-0.2, -0.15) is 0 Å². The molecule has 0 unspecified atom stereocenters. The van der Waals surface area contributed by atoms with Crippen molar-refractivity contribution in [3.8, 4) is 5.69 Å². The first-order chi connectivity index (χ1) is 8.68. The smallest absolute Gasteiger partial charge is 0.186 e. The standard InChI is InChI=1S/C13H10ClN3S/c1-16-10-7-8-11(14)15-12(10)17(13(16)18)9-5-3-2-4-6-9/h2-8H,1H3. The summed E-state index contributed by atoms with van der Waals surface area (Å²) in [4.78, 5) is 4.37. The van der Waals surface area contributed by atoms with Gasteiger partial charge in [-0.05, 0) is 36.5 Å². The van der Waals surface area contributed by atoms with E-state index < -0.39 is 0 Å². The van der Waals surface area contributed by atoms with E-state index in [-0.39, 0.29) is 0 Å². The molecule has 0 amide bonds. The highest BCUT2D eigenvalue weighted by Crippen LogP contribution is 2.21. The maximum absolute atomic E-state index is 5.97. The Morgan fingerprint density at radius 2 is 1.83 bits per heavy atom. The van der Waals surface area contributed by atoms with E-state index in [2.05, 4.69) is 4.98 Å². The number of aryl methyl sites for hydroxylation is 1. The Morgan fingerprint density at radius 1 is 1.11 bits per heavy atom. The Balaban J connectivity index is 2.46. The van der Waals surface area contributed by atoms with Gasteiger partial charge in [-0.25, -0.2) is 4.98 Å². The molecule has 3 rings (SSSR count). The van der Waals surface area contributed by atoms with Crippen LogP contribution in [0, 0.1) is 4.77 Å². The number of nitrogens with zero attached hydrogens (tertiary/aromatic N) is 3. The largest absolute Gasteiger partial charge is 0.318 e. The fraction of sp³-hybridized carbons (Fsp3) is 0.0769. The van der Waals surface area contributed by atoms with Crippen molar-refractivity contribution in [2.24, 2.45) is 7.05 Å². The molecule has 0 bridgehead atoms. The zero-order valence-electron chi connectivity index (χ0n) is 9.67. The summed E-state index contributed by atoms with van der Waals surface area (Å²) in [6.07, 6.45) is 0. The lowest BCUT2D eigenvalue weighted by molar-refractivity contribution is 0.885. The Bertz CT molecular complexity index is 774. The average Bonchev–Trinajstić information content (AvgIpc) is 2.63. The number of hydrogen-bond acceptors (Lipinski definition) is 2. The third-order valence-electron chi connectivity index (χ3n) is 2.89. The van der Waals surface area contributed by atoms with Gasteiger partial charge in [0.15, 0.2) is 10.4 Å². The first kappa shape index (κ1) is 11.4. The van der Waals surface area contributed by atoms with E-state index in [0.29, 0.717) is 9.92 Å². The SMILES string of the molecule is Cn1c(=S)n(-c2ccccc2)c2nc(Cl)ccc21. The lowest BCUT2D eigenvalue weighted by atomic mass is 10.3. The molecule has 0 aliphatic heterocycles. The minimum absolute atomic E-state index is 0.466. The molecule has 2 heterocycles. The van der Waals surface area contributed by atoms with Crippen LogP contribution in [0.2, 0.25) is 5.15 Å². The monoisotopic (exact) mass is 275 g/mol. The van der Waals surface area contributed by atoms with Crippen LogP contribution in [0.3, 0.4) is 0 Å². The number of pyridine rings is 1. The molecule has 0 radical (unpaired) electrons. The maximum Gasteiger partial charge on any atom is 0.186 e. The number of imidazole rings is 1. The molecule has 0 saturated carbocycles. The minimum atomic E-state index is 0.466. The number of rotatable bonds is 1. The highest BCUT2D eigenvalue weighted by Gasteiger charge is 2.11. The second kappa shape index (κ2) is 4.23. The van der Waals surface area contributed by atoms with E-state index in [9.17, 15) is 0 Å². The first-order valence-corrected chi connectivity index (χ1v) is 6.26. The normalized spacial score (nSPS) is 11.0. The van der Waals surface area contributed by atoms with Gasteiger partial charge in [-0.1, -0.05) is 29.8 Å². The van der Waals surface area contributed by atoms with E-state index >= 15 is 0 Å². The summed E-state index contributed by atoms with van der Waals surface area (Å²) >= 11 is 11.4. The van der Waals surface area contributed by atoms with E-state index in [0.717, 1.165) is 16.9 Å². The number of aromatic nitrogens is 3. The molecule has 5 heteroatoms. The molecular formula is C13H10ClN3S. The fourth-order valence-corrected chi connectivity index (χ4v) is 2.43. The van der Waals surface area contributed by atoms with Crippen LogP contribution in [-0.2, 0) is 7.05 Å². The fourth-order valence-electron chi connectivity index (χ4n) is 2.00. The van der Waals surface area contributed by atoms with Crippen LogP contribution < -0.4 is 0 Å². The van der Waals surface area contributed by atoms with E-state index in [1.54, 1.807) is 6.07 Å². The molecule has 1 aromatic carbocycles. The molecule has 0 saturated heterocycles. The predicted molar refractivity (Wildman–Crippen MR) is 75.9 cm³/mol. The summed E-state index contributed by atoms with van der Waals surface area (Å²) in [5, 5.41) is 0.466. The maximum atomic E-state index is 5.97. The molecule has 2 aromatic heterocycles. The Labute approximate surface area is 114 Å². The minimum Gasteiger partial charge on any atom is -0.318 e. The summed E-state index contributed by atoms with van der Waals surface area (Å²) in [7, 11) is 1.93. The summed E-state index contributed by atoms with van der Waals surface area (Å²) in [6, 6.07) is 13.6. The molecule has 90 valence electrons. The van der Waals surface area contributed by atoms with Gasteiger partial charge < -0.3 is 4.57 Å². The van der Waals surface area contributed by atoms with Crippen molar-refractivity contribution in [3.05, 3.63) is 52.4 Å². The van der Waals surface area contributed by atoms with E-state index in [4.69, 9.17) is 23.8 Å². The van der Waals surface area contributed by atoms with Gasteiger partial charge in [0.1, 0.15) is 5.15 Å². The van der Waals surface area contributed by atoms with Crippen LogP contribution in [0.4, 0.5) is 0 Å². The Hall–Kier alpha value is -1.65. The van der Waals surface area contributed by atoms with Gasteiger partial charge in [0.2, 0.25) is 0 Å². The van der Waals surface area contributed by atoms with Crippen molar-refractivity contribution < 1.29 is 0 Å². The third-order valence-corrected chi connectivity index (χ3v) is 3.55. The molecule has 0 fully saturated rings. The summed E-state index contributed by atoms with van der Waals surface area (Å²) < 4.78 is 4.56. The molecule has 0 atom stereocenters. The number of hydrogen-bond donors (Lipinski definition) is 0. The van der Waals surface area contributed by atoms with Gasteiger partial charge in [-0.3, -0.25) is 4.57 Å². The number of para-hydroxylation sites is 1. The third kappa shape index (κ3) is 1.65. The molecule has 0 N–H and O–H groups in total. The predicted octanol–water partition coefficient (Wildman–Crippen LogP) is 3.75. The summed E-state index contributed by atoms with van der Waals surface area (Å²) in [5.41, 5.74) is 2.73. The van der Waals surface area contributed by atoms with Gasteiger partial charge in [-0.15, -0.1) is 0 Å². The first-order valence-electron chi connectivity index (χ1n) is 5.48. The molecule has 3 nitrogen and oxygen atoms in total. The quantitative estimate of drug-likeness (QED) is 0.499. The summed E-state index contributed by atoms with van der Waals surface area (Å²) in [6.45, 7) is 0. The second-order valence-corrected chi connectivity index (χ2v) is 4.74. The van der Waals surface area contributed by atoms with Crippen molar-refractivity contribution in [3.63, 3.8) is 0 Å². The van der Waals surface area contributed by atoms with Gasteiger partial charge >= 0.3 is 0 Å². The molecule has 0 spiro atoms. The van der Waals surface area contributed by atoms with Crippen molar-refractivity contribution in [1.82, 2.24) is 14.1 Å². The highest BCUT2D eigenvalue weighted by molar-refractivity contribution is 7.71. The molecule has 0 aliphatic rings. The molecule has 0 aliphatic carbocycles. The van der Waals surface area contributed by atoms with E-state index in [1.807, 2.05) is 52.6 Å². The van der Waals surface area contributed by atoms with Crippen molar-refractivity contribution in [2.75, 3.05) is 0 Å². The van der Waals surface area contributed by atoms with Crippen LogP contribution in [0.5, 0.6) is 0 Å². The number of fused-ring (bicyclic) bond motifs is 1. The van der Waals surface area contributed by atoms with Crippen LogP contribution in [0.1, 0.15) is 0 Å². The van der Waals surface area contributed by atoms with Crippen LogP contribution in [0.25, 0.3) is 16.9 Å². The zero-order chi connectivity index (χ0) is 12.7. The summed E-state index contributed by atoms with van der Waals surface area (Å²) in [5.74, 6) is 0. The van der Waals surface area contributed by atoms with Crippen LogP contribution >= 0.6 is 23.8 Å². The molecular weight excluding hydrogens is 266 g/mol.